The van der Waals surface area contributed by atoms with Crippen LogP contribution in [0.15, 0.2) is 47.8 Å². The third-order valence-corrected chi connectivity index (χ3v) is 5.67. The fourth-order valence-corrected chi connectivity index (χ4v) is 4.17. The highest BCUT2D eigenvalue weighted by atomic mass is 16.6. The molecule has 7 heteroatoms. The number of hydrogen-bond donors (Lipinski definition) is 1. The van der Waals surface area contributed by atoms with Crippen molar-refractivity contribution < 1.29 is 23.8 Å². The summed E-state index contributed by atoms with van der Waals surface area (Å²) in [6, 6.07) is 0.180. The fourth-order valence-electron chi connectivity index (χ4n) is 4.17. The van der Waals surface area contributed by atoms with Crippen LogP contribution in [0.3, 0.4) is 0 Å². The van der Waals surface area contributed by atoms with Gasteiger partial charge in [0.1, 0.15) is 23.9 Å². The van der Waals surface area contributed by atoms with Crippen molar-refractivity contribution in [2.45, 2.75) is 70.6 Å². The fraction of sp³-hybridized carbons (Fsp3) is 0.565. The second kappa shape index (κ2) is 8.20. The smallest absolute Gasteiger partial charge is 0.410 e. The maximum atomic E-state index is 12.6. The molecular weight excluding hydrogens is 384 g/mol. The monoisotopic (exact) mass is 414 g/mol. The first-order valence-electron chi connectivity index (χ1n) is 10.7. The molecule has 2 fully saturated rings. The van der Waals surface area contributed by atoms with Crippen molar-refractivity contribution in [2.75, 3.05) is 6.54 Å². The van der Waals surface area contributed by atoms with Crippen molar-refractivity contribution in [2.24, 2.45) is 5.92 Å². The molecule has 2 amide bonds. The first kappa shape index (κ1) is 20.6. The van der Waals surface area contributed by atoms with E-state index in [4.69, 9.17) is 14.2 Å². The highest BCUT2D eigenvalue weighted by molar-refractivity contribution is 5.91. The zero-order chi connectivity index (χ0) is 21.3. The lowest BCUT2D eigenvalue weighted by atomic mass is 10.0. The van der Waals surface area contributed by atoms with Crippen LogP contribution >= 0.6 is 0 Å². The average molecular weight is 415 g/mol. The average Bonchev–Trinajstić information content (AvgIpc) is 3.35. The summed E-state index contributed by atoms with van der Waals surface area (Å²) in [6.45, 7) is 5.94. The molecule has 0 aromatic carbocycles. The van der Waals surface area contributed by atoms with Crippen molar-refractivity contribution in [3.05, 3.63) is 47.8 Å². The highest BCUT2D eigenvalue weighted by Gasteiger charge is 2.54. The van der Waals surface area contributed by atoms with Crippen molar-refractivity contribution >= 4 is 12.0 Å². The first-order valence-corrected chi connectivity index (χ1v) is 10.7. The van der Waals surface area contributed by atoms with Gasteiger partial charge in [0.25, 0.3) is 5.91 Å². The van der Waals surface area contributed by atoms with Crippen molar-refractivity contribution in [1.29, 1.82) is 0 Å². The van der Waals surface area contributed by atoms with E-state index in [0.717, 1.165) is 25.7 Å². The Hall–Kier alpha value is -2.70. The molecule has 1 N–H and O–H groups in total. The van der Waals surface area contributed by atoms with E-state index in [1.807, 2.05) is 26.8 Å². The Bertz CT molecular complexity index is 833. The Kier molecular flexibility index (Phi) is 5.62. The number of allylic oxidation sites excluding steroid dienone is 4. The predicted molar refractivity (Wildman–Crippen MR) is 111 cm³/mol. The van der Waals surface area contributed by atoms with Crippen LogP contribution in [0, 0.1) is 5.92 Å². The predicted octanol–water partition coefficient (Wildman–Crippen LogP) is 3.90. The van der Waals surface area contributed by atoms with Gasteiger partial charge in [-0.1, -0.05) is 23.8 Å². The van der Waals surface area contributed by atoms with Gasteiger partial charge in [0, 0.05) is 19.0 Å². The third kappa shape index (κ3) is 4.89. The van der Waals surface area contributed by atoms with E-state index in [1.165, 1.54) is 18.1 Å². The Morgan fingerprint density at radius 2 is 2.07 bits per heavy atom. The van der Waals surface area contributed by atoms with Crippen LogP contribution in [-0.4, -0.2) is 41.1 Å². The number of piperidine rings is 1. The Morgan fingerprint density at radius 1 is 1.23 bits per heavy atom. The van der Waals surface area contributed by atoms with E-state index in [0.29, 0.717) is 24.6 Å². The van der Waals surface area contributed by atoms with E-state index in [1.54, 1.807) is 4.90 Å². The molecule has 2 aliphatic carbocycles. The molecule has 0 bridgehead atoms. The summed E-state index contributed by atoms with van der Waals surface area (Å²) in [4.78, 5) is 26.9. The van der Waals surface area contributed by atoms with Crippen LogP contribution in [0.25, 0.3) is 0 Å². The van der Waals surface area contributed by atoms with Gasteiger partial charge in [-0.05, 0) is 52.4 Å². The number of nitrogens with zero attached hydrogens (tertiary/aromatic N) is 1. The second-order valence-corrected chi connectivity index (χ2v) is 9.32. The van der Waals surface area contributed by atoms with Crippen LogP contribution in [0.2, 0.25) is 0 Å². The largest absolute Gasteiger partial charge is 0.462 e. The molecule has 1 saturated heterocycles. The summed E-state index contributed by atoms with van der Waals surface area (Å²) >= 11 is 0. The number of amides is 2. The van der Waals surface area contributed by atoms with Crippen LogP contribution < -0.4 is 5.32 Å². The molecular formula is C23H30N2O5. The molecule has 2 aliphatic heterocycles. The van der Waals surface area contributed by atoms with E-state index in [2.05, 4.69) is 17.5 Å². The van der Waals surface area contributed by atoms with Gasteiger partial charge in [0.2, 0.25) is 5.76 Å². The SMILES string of the molecule is CC(C)(C)OC(=O)N1C(CNC(=O)C2=COC(CC3=CC=CCC3)=CO2)CC2CC21. The van der Waals surface area contributed by atoms with Gasteiger partial charge in [-0.15, -0.1) is 0 Å². The minimum atomic E-state index is -0.538. The number of carbonyl (C=O) groups excluding carboxylic acids is 2. The summed E-state index contributed by atoms with van der Waals surface area (Å²) in [5.41, 5.74) is 0.736. The number of rotatable bonds is 5. The maximum absolute atomic E-state index is 12.6. The van der Waals surface area contributed by atoms with E-state index < -0.39 is 5.60 Å². The van der Waals surface area contributed by atoms with Gasteiger partial charge in [-0.2, -0.15) is 0 Å². The highest BCUT2D eigenvalue weighted by Crippen LogP contribution is 2.48. The molecule has 0 radical (unpaired) electrons. The number of ether oxygens (including phenoxy) is 3. The molecule has 3 unspecified atom stereocenters. The summed E-state index contributed by atoms with van der Waals surface area (Å²) in [5, 5.41) is 2.87. The molecule has 162 valence electrons. The van der Waals surface area contributed by atoms with Crippen LogP contribution in [0.5, 0.6) is 0 Å². The second-order valence-electron chi connectivity index (χ2n) is 9.32. The maximum Gasteiger partial charge on any atom is 0.410 e. The van der Waals surface area contributed by atoms with Gasteiger partial charge in [-0.25, -0.2) is 4.79 Å². The minimum Gasteiger partial charge on any atom is -0.462 e. The van der Waals surface area contributed by atoms with Crippen LogP contribution in [0.4, 0.5) is 4.79 Å². The van der Waals surface area contributed by atoms with E-state index in [9.17, 15) is 9.59 Å². The number of likely N-dealkylation sites (tertiary alicyclic amines) is 1. The summed E-state index contributed by atoms with van der Waals surface area (Å²) in [6.07, 6.45) is 13.4. The molecule has 2 heterocycles. The Labute approximate surface area is 177 Å². The standard InChI is InChI=1S/C23H30N2O5/c1-23(2,3)30-22(27)25-17(10-16-11-19(16)25)12-24-21(26)20-14-28-18(13-29-20)9-15-7-5-4-6-8-15/h4-5,7,13-14,16-17,19H,6,8-12H2,1-3H3,(H,24,26). The number of hydrogen-bond acceptors (Lipinski definition) is 5. The number of nitrogens with one attached hydrogen (secondary N) is 1. The van der Waals surface area contributed by atoms with Crippen molar-refractivity contribution in [3.63, 3.8) is 0 Å². The normalized spacial score (nSPS) is 27.1. The Balaban J connectivity index is 1.26. The molecule has 3 atom stereocenters. The van der Waals surface area contributed by atoms with Gasteiger partial charge >= 0.3 is 6.09 Å². The lowest BCUT2D eigenvalue weighted by Gasteiger charge is -2.30. The quantitative estimate of drug-likeness (QED) is 0.738. The lowest BCUT2D eigenvalue weighted by Crippen LogP contribution is -2.47. The number of fused-ring (bicyclic) bond motifs is 1. The summed E-state index contributed by atoms with van der Waals surface area (Å²) in [7, 11) is 0. The zero-order valence-electron chi connectivity index (χ0n) is 17.8. The molecule has 4 aliphatic rings. The van der Waals surface area contributed by atoms with E-state index in [-0.39, 0.29) is 29.8 Å². The van der Waals surface area contributed by atoms with Crippen molar-refractivity contribution in [1.82, 2.24) is 10.2 Å². The number of carbonyl (C=O) groups is 2. The molecule has 1 saturated carbocycles. The zero-order valence-corrected chi connectivity index (χ0v) is 17.8. The first-order chi connectivity index (χ1) is 14.3. The molecule has 0 aromatic rings. The molecule has 4 rings (SSSR count). The molecule has 30 heavy (non-hydrogen) atoms. The topological polar surface area (TPSA) is 77.1 Å². The van der Waals surface area contributed by atoms with Gasteiger partial charge in [-0.3, -0.25) is 4.79 Å². The lowest BCUT2D eigenvalue weighted by molar-refractivity contribution is -0.120. The molecule has 0 aromatic heterocycles. The van der Waals surface area contributed by atoms with Gasteiger partial charge < -0.3 is 24.4 Å². The van der Waals surface area contributed by atoms with Gasteiger partial charge in [0.15, 0.2) is 0 Å². The summed E-state index contributed by atoms with van der Waals surface area (Å²) in [5.74, 6) is 0.959. The molecule has 0 spiro atoms. The van der Waals surface area contributed by atoms with Gasteiger partial charge in [0.05, 0.1) is 6.04 Å². The van der Waals surface area contributed by atoms with Crippen molar-refractivity contribution in [3.8, 4) is 0 Å². The van der Waals surface area contributed by atoms with Crippen LogP contribution in [0.1, 0.15) is 52.9 Å². The summed E-state index contributed by atoms with van der Waals surface area (Å²) < 4.78 is 16.6. The minimum absolute atomic E-state index is 0.0601. The van der Waals surface area contributed by atoms with E-state index >= 15 is 0 Å². The Morgan fingerprint density at radius 3 is 2.73 bits per heavy atom. The third-order valence-electron chi connectivity index (χ3n) is 5.67. The molecule has 7 nitrogen and oxygen atoms in total. The van der Waals surface area contributed by atoms with Crippen LogP contribution in [-0.2, 0) is 19.0 Å².